The van der Waals surface area contributed by atoms with Crippen LogP contribution in [0.25, 0.3) is 0 Å². The van der Waals surface area contributed by atoms with E-state index in [1.807, 2.05) is 13.8 Å². The SMILES string of the molecule is CC(=O)N(CCC(=O)NCC(C)C)c1ccccc1C(F)(F)F. The molecule has 7 heteroatoms. The number of amides is 2. The molecule has 1 aromatic rings. The van der Waals surface area contributed by atoms with E-state index in [1.54, 1.807) is 0 Å². The van der Waals surface area contributed by atoms with Crippen molar-refractivity contribution in [2.45, 2.75) is 33.4 Å². The maximum atomic E-state index is 13.1. The second-order valence-corrected chi connectivity index (χ2v) is 5.63. The fourth-order valence-corrected chi connectivity index (χ4v) is 2.02. The van der Waals surface area contributed by atoms with Crippen molar-refractivity contribution in [3.8, 4) is 0 Å². The molecule has 1 aromatic carbocycles. The number of hydrogen-bond donors (Lipinski definition) is 1. The summed E-state index contributed by atoms with van der Waals surface area (Å²) >= 11 is 0. The number of para-hydroxylation sites is 1. The van der Waals surface area contributed by atoms with Gasteiger partial charge in [0.15, 0.2) is 0 Å². The van der Waals surface area contributed by atoms with Crippen LogP contribution in [0.3, 0.4) is 0 Å². The minimum atomic E-state index is -4.57. The summed E-state index contributed by atoms with van der Waals surface area (Å²) in [6, 6.07) is 4.85. The van der Waals surface area contributed by atoms with Crippen molar-refractivity contribution in [2.75, 3.05) is 18.0 Å². The zero-order chi connectivity index (χ0) is 17.6. The van der Waals surface area contributed by atoms with Crippen LogP contribution < -0.4 is 10.2 Å². The van der Waals surface area contributed by atoms with Crippen LogP contribution in [0.4, 0.5) is 18.9 Å². The summed E-state index contributed by atoms with van der Waals surface area (Å²) in [5.74, 6) is -0.568. The Kier molecular flexibility index (Phi) is 6.60. The Morgan fingerprint density at radius 2 is 1.83 bits per heavy atom. The summed E-state index contributed by atoms with van der Waals surface area (Å²) in [6.45, 7) is 5.42. The van der Waals surface area contributed by atoms with Crippen molar-refractivity contribution in [3.63, 3.8) is 0 Å². The van der Waals surface area contributed by atoms with Crippen molar-refractivity contribution in [1.82, 2.24) is 5.32 Å². The average molecular weight is 330 g/mol. The first kappa shape index (κ1) is 19.0. The molecule has 128 valence electrons. The fraction of sp³-hybridized carbons (Fsp3) is 0.500. The number of rotatable bonds is 6. The highest BCUT2D eigenvalue weighted by Gasteiger charge is 2.35. The van der Waals surface area contributed by atoms with Gasteiger partial charge in [0, 0.05) is 26.4 Å². The number of nitrogens with one attached hydrogen (secondary N) is 1. The Hall–Kier alpha value is -2.05. The smallest absolute Gasteiger partial charge is 0.356 e. The Bertz CT molecular complexity index is 557. The maximum absolute atomic E-state index is 13.1. The summed E-state index contributed by atoms with van der Waals surface area (Å²) in [7, 11) is 0. The highest BCUT2D eigenvalue weighted by atomic mass is 19.4. The van der Waals surface area contributed by atoms with Crippen molar-refractivity contribution in [1.29, 1.82) is 0 Å². The lowest BCUT2D eigenvalue weighted by atomic mass is 10.1. The number of halogens is 3. The molecule has 0 saturated heterocycles. The highest BCUT2D eigenvalue weighted by Crippen LogP contribution is 2.36. The van der Waals surface area contributed by atoms with Crippen molar-refractivity contribution >= 4 is 17.5 Å². The number of hydrogen-bond acceptors (Lipinski definition) is 2. The van der Waals surface area contributed by atoms with Gasteiger partial charge in [-0.1, -0.05) is 26.0 Å². The van der Waals surface area contributed by atoms with Crippen LogP contribution in [0.5, 0.6) is 0 Å². The van der Waals surface area contributed by atoms with E-state index in [1.165, 1.54) is 25.1 Å². The quantitative estimate of drug-likeness (QED) is 0.871. The average Bonchev–Trinajstić information content (AvgIpc) is 2.44. The predicted molar refractivity (Wildman–Crippen MR) is 81.9 cm³/mol. The largest absolute Gasteiger partial charge is 0.418 e. The van der Waals surface area contributed by atoms with Crippen molar-refractivity contribution in [3.05, 3.63) is 29.8 Å². The molecule has 0 bridgehead atoms. The molecular formula is C16H21F3N2O2. The standard InChI is InChI=1S/C16H21F3N2O2/c1-11(2)10-20-15(23)8-9-21(12(3)22)14-7-5-4-6-13(14)16(17,18)19/h4-7,11H,8-10H2,1-3H3,(H,20,23). The van der Waals surface area contributed by atoms with E-state index in [0.717, 1.165) is 11.0 Å². The monoisotopic (exact) mass is 330 g/mol. The molecule has 4 nitrogen and oxygen atoms in total. The number of alkyl halides is 3. The van der Waals surface area contributed by atoms with Gasteiger partial charge >= 0.3 is 6.18 Å². The first-order chi connectivity index (χ1) is 10.6. The topological polar surface area (TPSA) is 49.4 Å². The Morgan fingerprint density at radius 1 is 1.22 bits per heavy atom. The van der Waals surface area contributed by atoms with E-state index in [-0.39, 0.29) is 30.5 Å². The van der Waals surface area contributed by atoms with Gasteiger partial charge in [-0.15, -0.1) is 0 Å². The second-order valence-electron chi connectivity index (χ2n) is 5.63. The van der Waals surface area contributed by atoms with Crippen molar-refractivity contribution < 1.29 is 22.8 Å². The van der Waals surface area contributed by atoms with Gasteiger partial charge in [0.1, 0.15) is 0 Å². The second kappa shape index (κ2) is 7.99. The molecule has 2 amide bonds. The number of nitrogens with zero attached hydrogens (tertiary/aromatic N) is 1. The van der Waals surface area contributed by atoms with E-state index >= 15 is 0 Å². The Labute approximate surface area is 133 Å². The van der Waals surface area contributed by atoms with E-state index < -0.39 is 17.6 Å². The molecule has 1 N–H and O–H groups in total. The number of anilines is 1. The number of benzene rings is 1. The third-order valence-corrected chi connectivity index (χ3v) is 3.15. The van der Waals surface area contributed by atoms with Crippen LogP contribution in [0.15, 0.2) is 24.3 Å². The number of carbonyl (C=O) groups is 2. The molecule has 0 fully saturated rings. The molecule has 1 rings (SSSR count). The lowest BCUT2D eigenvalue weighted by Gasteiger charge is -2.24. The first-order valence-corrected chi connectivity index (χ1v) is 7.34. The molecule has 0 heterocycles. The molecule has 0 radical (unpaired) electrons. The Morgan fingerprint density at radius 3 is 2.35 bits per heavy atom. The third-order valence-electron chi connectivity index (χ3n) is 3.15. The van der Waals surface area contributed by atoms with Crippen LogP contribution in [-0.4, -0.2) is 24.9 Å². The molecule has 0 saturated carbocycles. The molecular weight excluding hydrogens is 309 g/mol. The van der Waals surface area contributed by atoms with Gasteiger partial charge in [-0.2, -0.15) is 13.2 Å². The summed E-state index contributed by atoms with van der Waals surface area (Å²) in [6.07, 6.45) is -4.62. The van der Waals surface area contributed by atoms with Gasteiger partial charge in [-0.05, 0) is 18.1 Å². The summed E-state index contributed by atoms with van der Waals surface area (Å²) in [5.41, 5.74) is -1.12. The normalized spacial score (nSPS) is 11.4. The lowest BCUT2D eigenvalue weighted by molar-refractivity contribution is -0.137. The van der Waals surface area contributed by atoms with E-state index in [9.17, 15) is 22.8 Å². The zero-order valence-corrected chi connectivity index (χ0v) is 13.4. The van der Waals surface area contributed by atoms with Gasteiger partial charge < -0.3 is 10.2 Å². The van der Waals surface area contributed by atoms with E-state index in [4.69, 9.17) is 0 Å². The van der Waals surface area contributed by atoms with Crippen LogP contribution in [-0.2, 0) is 15.8 Å². The van der Waals surface area contributed by atoms with Gasteiger partial charge in [0.05, 0.1) is 11.3 Å². The van der Waals surface area contributed by atoms with Crippen LogP contribution in [0.1, 0.15) is 32.8 Å². The molecule has 23 heavy (non-hydrogen) atoms. The number of carbonyl (C=O) groups excluding carboxylic acids is 2. The highest BCUT2D eigenvalue weighted by molar-refractivity contribution is 5.93. The molecule has 0 aliphatic rings. The minimum Gasteiger partial charge on any atom is -0.356 e. The van der Waals surface area contributed by atoms with Crippen LogP contribution in [0, 0.1) is 5.92 Å². The summed E-state index contributed by atoms with van der Waals surface area (Å²) < 4.78 is 39.2. The summed E-state index contributed by atoms with van der Waals surface area (Å²) in [5, 5.41) is 2.67. The minimum absolute atomic E-state index is 0.0571. The van der Waals surface area contributed by atoms with Crippen LogP contribution >= 0.6 is 0 Å². The fourth-order valence-electron chi connectivity index (χ4n) is 2.02. The predicted octanol–water partition coefficient (Wildman–Crippen LogP) is 3.22. The maximum Gasteiger partial charge on any atom is 0.418 e. The van der Waals surface area contributed by atoms with E-state index in [0.29, 0.717) is 6.54 Å². The lowest BCUT2D eigenvalue weighted by Crippen LogP contribution is -2.35. The van der Waals surface area contributed by atoms with E-state index in [2.05, 4.69) is 5.32 Å². The van der Waals surface area contributed by atoms with Gasteiger partial charge in [0.25, 0.3) is 0 Å². The Balaban J connectivity index is 2.89. The van der Waals surface area contributed by atoms with Gasteiger partial charge in [0.2, 0.25) is 11.8 Å². The third kappa shape index (κ3) is 5.92. The first-order valence-electron chi connectivity index (χ1n) is 7.34. The molecule has 0 aliphatic carbocycles. The van der Waals surface area contributed by atoms with Gasteiger partial charge in [-0.25, -0.2) is 0 Å². The molecule has 0 unspecified atom stereocenters. The molecule has 0 atom stereocenters. The van der Waals surface area contributed by atoms with Crippen LogP contribution in [0.2, 0.25) is 0 Å². The summed E-state index contributed by atoms with van der Waals surface area (Å²) in [4.78, 5) is 24.4. The molecule has 0 aliphatic heterocycles. The zero-order valence-electron chi connectivity index (χ0n) is 13.4. The molecule has 0 spiro atoms. The van der Waals surface area contributed by atoms with Gasteiger partial charge in [-0.3, -0.25) is 9.59 Å². The molecule has 0 aromatic heterocycles. The van der Waals surface area contributed by atoms with Crippen molar-refractivity contribution in [2.24, 2.45) is 5.92 Å².